The van der Waals surface area contributed by atoms with Gasteiger partial charge in [-0.05, 0) is 53.6 Å². The van der Waals surface area contributed by atoms with Gasteiger partial charge in [-0.15, -0.1) is 0 Å². The van der Waals surface area contributed by atoms with E-state index in [9.17, 15) is 0 Å². The molecule has 3 nitrogen and oxygen atoms in total. The van der Waals surface area contributed by atoms with Gasteiger partial charge < -0.3 is 14.8 Å². The molecule has 0 spiro atoms. The van der Waals surface area contributed by atoms with E-state index in [-0.39, 0.29) is 0 Å². The first-order valence-corrected chi connectivity index (χ1v) is 10.3. The minimum atomic E-state index is 0.391. The Hall–Kier alpha value is -1.59. The molecule has 0 aromatic heterocycles. The van der Waals surface area contributed by atoms with Gasteiger partial charge in [0.05, 0.1) is 7.11 Å². The van der Waals surface area contributed by atoms with Crippen LogP contribution in [0.4, 0.5) is 5.69 Å². The minimum absolute atomic E-state index is 0.391. The average molecular weight is 502 g/mol. The van der Waals surface area contributed by atoms with Crippen LogP contribution in [0.25, 0.3) is 0 Å². The molecule has 0 radical (unpaired) electrons. The maximum atomic E-state index is 6.05. The van der Waals surface area contributed by atoms with Crippen molar-refractivity contribution in [1.29, 1.82) is 0 Å². The molecule has 0 aliphatic rings. The number of ether oxygens (including phenoxy) is 2. The van der Waals surface area contributed by atoms with Gasteiger partial charge in [-0.25, -0.2) is 0 Å². The summed E-state index contributed by atoms with van der Waals surface area (Å²) >= 11 is 21.7. The van der Waals surface area contributed by atoms with Crippen LogP contribution in [-0.2, 0) is 13.2 Å². The zero-order valence-electron chi connectivity index (χ0n) is 14.9. The number of nitrogens with one attached hydrogen (secondary N) is 1. The highest BCUT2D eigenvalue weighted by Gasteiger charge is 2.11. The van der Waals surface area contributed by atoms with Gasteiger partial charge in [0.25, 0.3) is 0 Å². The quantitative estimate of drug-likeness (QED) is 0.361. The lowest BCUT2D eigenvalue weighted by Crippen LogP contribution is -2.03. The predicted octanol–water partition coefficient (Wildman–Crippen LogP) is 7.61. The highest BCUT2D eigenvalue weighted by molar-refractivity contribution is 9.10. The van der Waals surface area contributed by atoms with E-state index < -0.39 is 0 Å². The van der Waals surface area contributed by atoms with Crippen molar-refractivity contribution in [3.63, 3.8) is 0 Å². The largest absolute Gasteiger partial charge is 0.493 e. The van der Waals surface area contributed by atoms with Gasteiger partial charge in [0.2, 0.25) is 0 Å². The van der Waals surface area contributed by atoms with E-state index in [1.807, 2.05) is 48.5 Å². The Kier molecular flexibility index (Phi) is 7.36. The molecule has 0 saturated heterocycles. The molecule has 0 unspecified atom stereocenters. The first-order chi connectivity index (χ1) is 13.4. The Balaban J connectivity index is 1.73. The van der Waals surface area contributed by atoms with Crippen LogP contribution in [0.1, 0.15) is 11.1 Å². The Bertz CT molecular complexity index is 962. The number of rotatable bonds is 7. The molecule has 0 saturated carbocycles. The molecule has 0 aliphatic carbocycles. The molecule has 28 heavy (non-hydrogen) atoms. The third kappa shape index (κ3) is 5.71. The van der Waals surface area contributed by atoms with E-state index in [1.54, 1.807) is 13.2 Å². The van der Waals surface area contributed by atoms with Crippen LogP contribution < -0.4 is 14.8 Å². The summed E-state index contributed by atoms with van der Waals surface area (Å²) < 4.78 is 12.3. The molecule has 0 atom stereocenters. The van der Waals surface area contributed by atoms with Gasteiger partial charge >= 0.3 is 0 Å². The molecule has 0 heterocycles. The Morgan fingerprint density at radius 1 is 0.893 bits per heavy atom. The zero-order valence-corrected chi connectivity index (χ0v) is 18.8. The summed E-state index contributed by atoms with van der Waals surface area (Å²) in [4.78, 5) is 0. The number of hydrogen-bond donors (Lipinski definition) is 1. The van der Waals surface area contributed by atoms with Crippen molar-refractivity contribution in [1.82, 2.24) is 0 Å². The van der Waals surface area contributed by atoms with Gasteiger partial charge in [-0.1, -0.05) is 62.9 Å². The second-order valence-corrected chi connectivity index (χ2v) is 8.19. The summed E-state index contributed by atoms with van der Waals surface area (Å²) in [6.07, 6.45) is 0. The van der Waals surface area contributed by atoms with Crippen molar-refractivity contribution in [3.05, 3.63) is 85.3 Å². The number of halogens is 4. The Morgan fingerprint density at radius 2 is 1.64 bits per heavy atom. The van der Waals surface area contributed by atoms with E-state index in [0.29, 0.717) is 39.7 Å². The summed E-state index contributed by atoms with van der Waals surface area (Å²) in [5, 5.41) is 5.15. The minimum Gasteiger partial charge on any atom is -0.493 e. The summed E-state index contributed by atoms with van der Waals surface area (Å²) in [7, 11) is 1.61. The van der Waals surface area contributed by atoms with E-state index in [2.05, 4.69) is 21.2 Å². The van der Waals surface area contributed by atoms with E-state index >= 15 is 0 Å². The standard InChI is InChI=1S/C21H17BrCl3NO2/c1-27-20-6-14(11-26-18-8-16(24)7-17(25)9-18)19(22)10-21(20)28-12-13-3-2-4-15(23)5-13/h2-10,26H,11-12H2,1H3. The summed E-state index contributed by atoms with van der Waals surface area (Å²) in [5.74, 6) is 1.29. The maximum absolute atomic E-state index is 6.05. The second kappa shape index (κ2) is 9.75. The van der Waals surface area contributed by atoms with Crippen LogP contribution in [-0.4, -0.2) is 7.11 Å². The molecule has 0 aliphatic heterocycles. The first kappa shape index (κ1) is 21.1. The highest BCUT2D eigenvalue weighted by Crippen LogP contribution is 2.35. The van der Waals surface area contributed by atoms with E-state index in [4.69, 9.17) is 44.3 Å². The van der Waals surface area contributed by atoms with E-state index in [0.717, 1.165) is 21.3 Å². The molecule has 3 aromatic carbocycles. The smallest absolute Gasteiger partial charge is 0.162 e. The predicted molar refractivity (Wildman–Crippen MR) is 120 cm³/mol. The lowest BCUT2D eigenvalue weighted by atomic mass is 10.2. The van der Waals surface area contributed by atoms with E-state index in [1.165, 1.54) is 0 Å². The summed E-state index contributed by atoms with van der Waals surface area (Å²) in [6.45, 7) is 0.949. The van der Waals surface area contributed by atoms with Gasteiger partial charge in [-0.2, -0.15) is 0 Å². The van der Waals surface area contributed by atoms with Gasteiger partial charge in [0, 0.05) is 31.8 Å². The molecule has 1 N–H and O–H groups in total. The molecule has 0 amide bonds. The van der Waals surface area contributed by atoms with Crippen LogP contribution in [0.15, 0.2) is 59.1 Å². The fourth-order valence-corrected chi connectivity index (χ4v) is 3.83. The lowest BCUT2D eigenvalue weighted by molar-refractivity contribution is 0.284. The number of hydrogen-bond acceptors (Lipinski definition) is 3. The van der Waals surface area contributed by atoms with Crippen molar-refractivity contribution >= 4 is 56.4 Å². The third-order valence-electron chi connectivity index (χ3n) is 3.96. The molecule has 0 fully saturated rings. The van der Waals surface area contributed by atoms with Crippen LogP contribution in [0.3, 0.4) is 0 Å². The van der Waals surface area contributed by atoms with Crippen LogP contribution in [0.2, 0.25) is 15.1 Å². The third-order valence-corrected chi connectivity index (χ3v) is 5.37. The van der Waals surface area contributed by atoms with Crippen molar-refractivity contribution in [2.24, 2.45) is 0 Å². The van der Waals surface area contributed by atoms with Gasteiger partial charge in [0.15, 0.2) is 11.5 Å². The molecule has 7 heteroatoms. The zero-order chi connectivity index (χ0) is 20.1. The van der Waals surface area contributed by atoms with Crippen LogP contribution in [0.5, 0.6) is 11.5 Å². The summed E-state index contributed by atoms with van der Waals surface area (Å²) in [5.41, 5.74) is 2.82. The van der Waals surface area contributed by atoms with Crippen LogP contribution in [0, 0.1) is 0 Å². The molecular weight excluding hydrogens is 484 g/mol. The monoisotopic (exact) mass is 499 g/mol. The number of anilines is 1. The fourth-order valence-electron chi connectivity index (χ4n) is 2.63. The van der Waals surface area contributed by atoms with Gasteiger partial charge in [0.1, 0.15) is 6.61 Å². The average Bonchev–Trinajstić information content (AvgIpc) is 2.65. The fraction of sp³-hybridized carbons (Fsp3) is 0.143. The molecule has 0 bridgehead atoms. The molecule has 146 valence electrons. The van der Waals surface area contributed by atoms with Crippen molar-refractivity contribution in [2.75, 3.05) is 12.4 Å². The highest BCUT2D eigenvalue weighted by atomic mass is 79.9. The Labute approximate surface area is 187 Å². The van der Waals surface area contributed by atoms with Gasteiger partial charge in [-0.3, -0.25) is 0 Å². The Morgan fingerprint density at radius 3 is 2.32 bits per heavy atom. The topological polar surface area (TPSA) is 30.5 Å². The van der Waals surface area contributed by atoms with Crippen LogP contribution >= 0.6 is 50.7 Å². The molecule has 3 rings (SSSR count). The first-order valence-electron chi connectivity index (χ1n) is 8.38. The van der Waals surface area contributed by atoms with Crippen molar-refractivity contribution < 1.29 is 9.47 Å². The normalized spacial score (nSPS) is 10.6. The maximum Gasteiger partial charge on any atom is 0.162 e. The van der Waals surface area contributed by atoms with Crippen molar-refractivity contribution in [2.45, 2.75) is 13.2 Å². The lowest BCUT2D eigenvalue weighted by Gasteiger charge is -2.15. The molecule has 3 aromatic rings. The van der Waals surface area contributed by atoms with Crippen molar-refractivity contribution in [3.8, 4) is 11.5 Å². The number of benzene rings is 3. The number of methoxy groups -OCH3 is 1. The summed E-state index contributed by atoms with van der Waals surface area (Å²) in [6, 6.07) is 16.7. The SMILES string of the molecule is COc1cc(CNc2cc(Cl)cc(Cl)c2)c(Br)cc1OCc1cccc(Cl)c1. The molecular formula is C21H17BrCl3NO2. The second-order valence-electron chi connectivity index (χ2n) is 6.02.